The summed E-state index contributed by atoms with van der Waals surface area (Å²) in [6.07, 6.45) is 8.15. The van der Waals surface area contributed by atoms with Crippen molar-refractivity contribution in [1.82, 2.24) is 0 Å². The molecule has 1 fully saturated rings. The van der Waals surface area contributed by atoms with Crippen LogP contribution in [0.1, 0.15) is 71.7 Å². The minimum atomic E-state index is 0.196. The summed E-state index contributed by atoms with van der Waals surface area (Å²) in [5.74, 6) is 0.843. The molecular weight excluding hydrogens is 252 g/mol. The highest BCUT2D eigenvalue weighted by molar-refractivity contribution is 6.21. The highest BCUT2D eigenvalue weighted by Crippen LogP contribution is 2.39. The molecule has 0 aromatic heterocycles. The molecule has 0 aliphatic heterocycles. The zero-order valence-electron chi connectivity index (χ0n) is 12.9. The van der Waals surface area contributed by atoms with Gasteiger partial charge >= 0.3 is 0 Å². The number of aryl methyl sites for hydroxylation is 2. The van der Waals surface area contributed by atoms with Gasteiger partial charge in [-0.2, -0.15) is 0 Å². The number of alkyl halides is 1. The molecule has 0 nitrogen and oxygen atoms in total. The fourth-order valence-corrected chi connectivity index (χ4v) is 4.13. The van der Waals surface area contributed by atoms with Crippen LogP contribution in [-0.4, -0.2) is 0 Å². The first kappa shape index (κ1) is 14.9. The molecule has 1 heteroatoms. The lowest BCUT2D eigenvalue weighted by Gasteiger charge is -2.26. The predicted octanol–water partition coefficient (Wildman–Crippen LogP) is 6.17. The van der Waals surface area contributed by atoms with E-state index in [1.54, 1.807) is 0 Å². The van der Waals surface area contributed by atoms with E-state index in [1.807, 2.05) is 0 Å². The second-order valence-electron chi connectivity index (χ2n) is 6.38. The molecule has 19 heavy (non-hydrogen) atoms. The van der Waals surface area contributed by atoms with E-state index in [-0.39, 0.29) is 5.38 Å². The van der Waals surface area contributed by atoms with Crippen molar-refractivity contribution in [3.05, 3.63) is 33.9 Å². The fraction of sp³-hybridized carbons (Fsp3) is 0.667. The maximum Gasteiger partial charge on any atom is 0.0593 e. The largest absolute Gasteiger partial charge is 0.118 e. The normalized spacial score (nSPS) is 18.6. The summed E-state index contributed by atoms with van der Waals surface area (Å²) in [6.45, 7) is 8.87. The van der Waals surface area contributed by atoms with Crippen molar-refractivity contribution >= 4 is 11.6 Å². The van der Waals surface area contributed by atoms with Crippen LogP contribution in [0.25, 0.3) is 0 Å². The van der Waals surface area contributed by atoms with Crippen LogP contribution < -0.4 is 0 Å². The molecule has 0 N–H and O–H groups in total. The number of rotatable bonds is 3. The topological polar surface area (TPSA) is 0 Å². The Morgan fingerprint density at radius 1 is 1.00 bits per heavy atom. The van der Waals surface area contributed by atoms with Crippen LogP contribution in [0.4, 0.5) is 0 Å². The van der Waals surface area contributed by atoms with Gasteiger partial charge in [-0.1, -0.05) is 38.2 Å². The fourth-order valence-electron chi connectivity index (χ4n) is 3.55. The monoisotopic (exact) mass is 278 g/mol. The lowest BCUT2D eigenvalue weighted by atomic mass is 9.83. The van der Waals surface area contributed by atoms with Crippen molar-refractivity contribution in [1.29, 1.82) is 0 Å². The van der Waals surface area contributed by atoms with Crippen molar-refractivity contribution in [3.8, 4) is 0 Å². The Morgan fingerprint density at radius 3 is 2.05 bits per heavy atom. The van der Waals surface area contributed by atoms with Crippen molar-refractivity contribution in [3.63, 3.8) is 0 Å². The Morgan fingerprint density at radius 2 is 1.53 bits per heavy atom. The number of halogens is 1. The maximum atomic E-state index is 6.79. The maximum absolute atomic E-state index is 6.79. The Hall–Kier alpha value is -0.490. The molecule has 1 atom stereocenters. The van der Waals surface area contributed by atoms with Gasteiger partial charge in [0.05, 0.1) is 5.38 Å². The zero-order chi connectivity index (χ0) is 14.0. The summed E-state index contributed by atoms with van der Waals surface area (Å²) in [5, 5.41) is 0.196. The molecule has 2 rings (SSSR count). The summed E-state index contributed by atoms with van der Waals surface area (Å²) in [6, 6.07) is 2.29. The van der Waals surface area contributed by atoms with E-state index in [9.17, 15) is 0 Å². The average molecular weight is 279 g/mol. The van der Waals surface area contributed by atoms with Gasteiger partial charge in [0.2, 0.25) is 0 Å². The van der Waals surface area contributed by atoms with Gasteiger partial charge in [0.25, 0.3) is 0 Å². The van der Waals surface area contributed by atoms with Gasteiger partial charge in [-0.05, 0) is 67.9 Å². The molecular formula is C18H27Cl. The van der Waals surface area contributed by atoms with E-state index in [1.165, 1.54) is 59.9 Å². The molecule has 106 valence electrons. The summed E-state index contributed by atoms with van der Waals surface area (Å²) < 4.78 is 0. The zero-order valence-corrected chi connectivity index (χ0v) is 13.6. The van der Waals surface area contributed by atoms with Crippen LogP contribution >= 0.6 is 11.6 Å². The lowest BCUT2D eigenvalue weighted by Crippen LogP contribution is -2.11. The van der Waals surface area contributed by atoms with E-state index in [0.29, 0.717) is 0 Å². The van der Waals surface area contributed by atoms with Crippen molar-refractivity contribution < 1.29 is 0 Å². The third kappa shape index (κ3) is 3.34. The smallest absolute Gasteiger partial charge is 0.0593 e. The van der Waals surface area contributed by atoms with Crippen molar-refractivity contribution in [2.45, 2.75) is 71.6 Å². The van der Waals surface area contributed by atoms with Gasteiger partial charge in [0.1, 0.15) is 0 Å². The Balaban J connectivity index is 2.20. The SMILES string of the molecule is Cc1cc(C)c(C)c(C(Cl)CC2CCCCC2)c1C. The molecule has 0 spiro atoms. The van der Waals surface area contributed by atoms with Crippen LogP contribution in [0, 0.1) is 33.6 Å². The quantitative estimate of drug-likeness (QED) is 0.580. The summed E-state index contributed by atoms with van der Waals surface area (Å²) in [5.41, 5.74) is 6.97. The second-order valence-corrected chi connectivity index (χ2v) is 6.91. The molecule has 1 aromatic rings. The number of benzene rings is 1. The molecule has 0 bridgehead atoms. The third-order valence-electron chi connectivity index (χ3n) is 5.00. The second kappa shape index (κ2) is 6.31. The van der Waals surface area contributed by atoms with Crippen LogP contribution in [0.2, 0.25) is 0 Å². The van der Waals surface area contributed by atoms with Crippen LogP contribution in [0.15, 0.2) is 6.07 Å². The Kier molecular flexibility index (Phi) is 4.95. The third-order valence-corrected chi connectivity index (χ3v) is 5.40. The van der Waals surface area contributed by atoms with Crippen LogP contribution in [0.3, 0.4) is 0 Å². The summed E-state index contributed by atoms with van der Waals surface area (Å²) in [7, 11) is 0. The molecule has 1 aliphatic carbocycles. The standard InChI is InChI=1S/C18H27Cl/c1-12-10-13(2)15(4)18(14(12)3)17(19)11-16-8-6-5-7-9-16/h10,16-17H,5-9,11H2,1-4H3. The minimum Gasteiger partial charge on any atom is -0.118 e. The molecule has 1 saturated carbocycles. The van der Waals surface area contributed by atoms with Gasteiger partial charge in [-0.3, -0.25) is 0 Å². The minimum absolute atomic E-state index is 0.196. The highest BCUT2D eigenvalue weighted by Gasteiger charge is 2.22. The number of hydrogen-bond donors (Lipinski definition) is 0. The first-order chi connectivity index (χ1) is 9.00. The van der Waals surface area contributed by atoms with E-state index in [0.717, 1.165) is 12.3 Å². The molecule has 0 amide bonds. The summed E-state index contributed by atoms with van der Waals surface area (Å²) in [4.78, 5) is 0. The van der Waals surface area contributed by atoms with Crippen LogP contribution in [-0.2, 0) is 0 Å². The Labute approximate surface area is 123 Å². The Bertz CT molecular complexity index is 415. The molecule has 1 aliphatic rings. The number of hydrogen-bond acceptors (Lipinski definition) is 0. The molecule has 0 heterocycles. The highest BCUT2D eigenvalue weighted by atomic mass is 35.5. The first-order valence-electron chi connectivity index (χ1n) is 7.72. The van der Waals surface area contributed by atoms with Crippen molar-refractivity contribution in [2.24, 2.45) is 5.92 Å². The van der Waals surface area contributed by atoms with E-state index in [4.69, 9.17) is 11.6 Å². The van der Waals surface area contributed by atoms with Gasteiger partial charge in [0.15, 0.2) is 0 Å². The van der Waals surface area contributed by atoms with Gasteiger partial charge in [-0.15, -0.1) is 11.6 Å². The average Bonchev–Trinajstić information content (AvgIpc) is 2.38. The molecule has 1 aromatic carbocycles. The van der Waals surface area contributed by atoms with Crippen molar-refractivity contribution in [2.75, 3.05) is 0 Å². The van der Waals surface area contributed by atoms with E-state index < -0.39 is 0 Å². The lowest BCUT2D eigenvalue weighted by molar-refractivity contribution is 0.336. The summed E-state index contributed by atoms with van der Waals surface area (Å²) >= 11 is 6.79. The molecule has 0 radical (unpaired) electrons. The van der Waals surface area contributed by atoms with E-state index in [2.05, 4.69) is 33.8 Å². The molecule has 1 unspecified atom stereocenters. The first-order valence-corrected chi connectivity index (χ1v) is 8.15. The van der Waals surface area contributed by atoms with Crippen LogP contribution in [0.5, 0.6) is 0 Å². The van der Waals surface area contributed by atoms with Gasteiger partial charge in [0, 0.05) is 0 Å². The van der Waals surface area contributed by atoms with Gasteiger partial charge < -0.3 is 0 Å². The van der Waals surface area contributed by atoms with Gasteiger partial charge in [-0.25, -0.2) is 0 Å². The van der Waals surface area contributed by atoms with E-state index >= 15 is 0 Å². The predicted molar refractivity (Wildman–Crippen MR) is 85.2 cm³/mol. The molecule has 0 saturated heterocycles.